The third kappa shape index (κ3) is 2.22. The molecule has 1 heterocycles. The summed E-state index contributed by atoms with van der Waals surface area (Å²) in [4.78, 5) is 4.46. The molecule has 0 bridgehead atoms. The second-order valence-corrected chi connectivity index (χ2v) is 7.28. The largest absolute Gasteiger partial charge is 0.324 e. The molecule has 2 atom stereocenters. The molecule has 2 aromatic rings. The molecule has 108 valence electrons. The highest BCUT2D eigenvalue weighted by Gasteiger charge is 2.34. The maximum Gasteiger partial charge on any atom is 0.151 e. The van der Waals surface area contributed by atoms with Gasteiger partial charge in [-0.3, -0.25) is 0 Å². The molecule has 1 fully saturated rings. The summed E-state index contributed by atoms with van der Waals surface area (Å²) < 4.78 is 16.1. The normalized spacial score (nSPS) is 23.4. The van der Waals surface area contributed by atoms with Crippen LogP contribution in [0.3, 0.4) is 0 Å². The van der Waals surface area contributed by atoms with Crippen molar-refractivity contribution in [2.45, 2.75) is 51.5 Å². The van der Waals surface area contributed by atoms with Gasteiger partial charge in [-0.1, -0.05) is 19.9 Å². The second-order valence-electron chi connectivity index (χ2n) is 6.62. The Morgan fingerprint density at radius 1 is 1.45 bits per heavy atom. The zero-order valence-corrected chi connectivity index (χ0v) is 12.9. The van der Waals surface area contributed by atoms with Crippen LogP contribution in [0, 0.1) is 11.2 Å². The van der Waals surface area contributed by atoms with Gasteiger partial charge in [-0.15, -0.1) is 11.6 Å². The average molecular weight is 295 g/mol. The molecule has 2 unspecified atom stereocenters. The number of benzene rings is 1. The monoisotopic (exact) mass is 294 g/mol. The van der Waals surface area contributed by atoms with Crippen molar-refractivity contribution in [1.82, 2.24) is 9.55 Å². The van der Waals surface area contributed by atoms with Crippen LogP contribution in [-0.2, 0) is 0 Å². The summed E-state index contributed by atoms with van der Waals surface area (Å²) in [5.41, 5.74) is 1.65. The van der Waals surface area contributed by atoms with E-state index in [1.807, 2.05) is 13.0 Å². The summed E-state index contributed by atoms with van der Waals surface area (Å²) in [5.74, 6) is 0.520. The van der Waals surface area contributed by atoms with E-state index < -0.39 is 0 Å². The third-order valence-corrected chi connectivity index (χ3v) is 4.56. The topological polar surface area (TPSA) is 17.8 Å². The van der Waals surface area contributed by atoms with Crippen molar-refractivity contribution in [2.24, 2.45) is 5.41 Å². The van der Waals surface area contributed by atoms with Gasteiger partial charge < -0.3 is 4.57 Å². The molecule has 0 aliphatic heterocycles. The first-order valence-corrected chi connectivity index (χ1v) is 7.63. The molecule has 1 saturated carbocycles. The molecule has 4 heteroatoms. The Balaban J connectivity index is 2.18. The summed E-state index contributed by atoms with van der Waals surface area (Å²) in [6.07, 6.45) is 3.37. The summed E-state index contributed by atoms with van der Waals surface area (Å²) >= 11 is 6.28. The molecule has 0 N–H and O–H groups in total. The van der Waals surface area contributed by atoms with Crippen LogP contribution in [0.2, 0.25) is 0 Å². The van der Waals surface area contributed by atoms with Gasteiger partial charge in [0.05, 0.1) is 10.9 Å². The van der Waals surface area contributed by atoms with E-state index in [0.717, 1.165) is 24.2 Å². The van der Waals surface area contributed by atoms with E-state index in [9.17, 15) is 4.39 Å². The van der Waals surface area contributed by atoms with E-state index in [1.165, 1.54) is 12.5 Å². The van der Waals surface area contributed by atoms with Crippen molar-refractivity contribution in [3.05, 3.63) is 29.8 Å². The lowest BCUT2D eigenvalue weighted by Gasteiger charge is -2.20. The first-order valence-electron chi connectivity index (χ1n) is 7.19. The molecular formula is C16H20ClFN2. The Morgan fingerprint density at radius 2 is 2.20 bits per heavy atom. The number of nitrogens with zero attached hydrogens (tertiary/aromatic N) is 2. The predicted octanol–water partition coefficient (Wildman–Crippen LogP) is 5.23. The number of para-hydroxylation sites is 1. The summed E-state index contributed by atoms with van der Waals surface area (Å²) in [6, 6.07) is 5.52. The number of imidazole rings is 1. The molecule has 0 amide bonds. The smallest absolute Gasteiger partial charge is 0.151 e. The van der Waals surface area contributed by atoms with Gasteiger partial charge in [-0.25, -0.2) is 9.37 Å². The van der Waals surface area contributed by atoms with Crippen molar-refractivity contribution in [3.8, 4) is 0 Å². The van der Waals surface area contributed by atoms with E-state index in [0.29, 0.717) is 17.0 Å². The van der Waals surface area contributed by atoms with Crippen LogP contribution >= 0.6 is 11.6 Å². The van der Waals surface area contributed by atoms with Crippen LogP contribution < -0.4 is 0 Å². The Labute approximate surface area is 123 Å². The fourth-order valence-corrected chi connectivity index (χ4v) is 3.54. The third-order valence-electron chi connectivity index (χ3n) is 4.36. The van der Waals surface area contributed by atoms with E-state index >= 15 is 0 Å². The zero-order chi connectivity index (χ0) is 14.5. The van der Waals surface area contributed by atoms with Crippen molar-refractivity contribution >= 4 is 22.6 Å². The van der Waals surface area contributed by atoms with Crippen molar-refractivity contribution in [2.75, 3.05) is 0 Å². The summed E-state index contributed by atoms with van der Waals surface area (Å²) in [7, 11) is 0. The predicted molar refractivity (Wildman–Crippen MR) is 80.6 cm³/mol. The molecule has 0 saturated heterocycles. The van der Waals surface area contributed by atoms with Crippen molar-refractivity contribution in [1.29, 1.82) is 0 Å². The van der Waals surface area contributed by atoms with E-state index in [1.54, 1.807) is 6.07 Å². The zero-order valence-electron chi connectivity index (χ0n) is 12.2. The minimum absolute atomic E-state index is 0.217. The Bertz CT molecular complexity index is 645. The highest BCUT2D eigenvalue weighted by molar-refractivity contribution is 6.20. The SMILES string of the molecule is CC(Cl)c1nc2c(F)cccc2n1C1CCC(C)(C)C1. The first-order chi connectivity index (χ1) is 9.39. The molecule has 2 nitrogen and oxygen atoms in total. The van der Waals surface area contributed by atoms with Gasteiger partial charge in [-0.2, -0.15) is 0 Å². The molecule has 3 rings (SSSR count). The number of hydrogen-bond donors (Lipinski definition) is 0. The highest BCUT2D eigenvalue weighted by atomic mass is 35.5. The van der Waals surface area contributed by atoms with E-state index in [4.69, 9.17) is 11.6 Å². The maximum absolute atomic E-state index is 14.0. The van der Waals surface area contributed by atoms with Crippen LogP contribution in [0.5, 0.6) is 0 Å². The standard InChI is InChI=1S/C16H20ClFN2/c1-10(17)15-19-14-12(18)5-4-6-13(14)20(15)11-7-8-16(2,3)9-11/h4-6,10-11H,7-9H2,1-3H3. The van der Waals surface area contributed by atoms with Gasteiger partial charge in [0.25, 0.3) is 0 Å². The van der Waals surface area contributed by atoms with Crippen LogP contribution in [0.1, 0.15) is 57.3 Å². The number of fused-ring (bicyclic) bond motifs is 1. The fourth-order valence-electron chi connectivity index (χ4n) is 3.38. The van der Waals surface area contributed by atoms with E-state index in [2.05, 4.69) is 23.4 Å². The number of aromatic nitrogens is 2. The van der Waals surface area contributed by atoms with Gasteiger partial charge in [0.2, 0.25) is 0 Å². The quantitative estimate of drug-likeness (QED) is 0.694. The number of alkyl halides is 1. The van der Waals surface area contributed by atoms with Crippen LogP contribution in [0.15, 0.2) is 18.2 Å². The first kappa shape index (κ1) is 13.9. The maximum atomic E-state index is 14.0. The molecule has 1 aromatic carbocycles. The van der Waals surface area contributed by atoms with Crippen molar-refractivity contribution in [3.63, 3.8) is 0 Å². The van der Waals surface area contributed by atoms with Gasteiger partial charge in [-0.05, 0) is 43.7 Å². The van der Waals surface area contributed by atoms with Crippen LogP contribution in [0.25, 0.3) is 11.0 Å². The Hall–Kier alpha value is -1.09. The van der Waals surface area contributed by atoms with E-state index in [-0.39, 0.29) is 11.2 Å². The second kappa shape index (κ2) is 4.73. The lowest BCUT2D eigenvalue weighted by atomic mass is 9.92. The molecule has 20 heavy (non-hydrogen) atoms. The lowest BCUT2D eigenvalue weighted by molar-refractivity contribution is 0.358. The number of hydrogen-bond acceptors (Lipinski definition) is 1. The highest BCUT2D eigenvalue weighted by Crippen LogP contribution is 2.45. The molecule has 1 aliphatic carbocycles. The minimum Gasteiger partial charge on any atom is -0.324 e. The number of rotatable bonds is 2. The molecular weight excluding hydrogens is 275 g/mol. The molecule has 0 radical (unpaired) electrons. The van der Waals surface area contributed by atoms with Gasteiger partial charge in [0.15, 0.2) is 5.82 Å². The molecule has 0 spiro atoms. The number of halogens is 2. The van der Waals surface area contributed by atoms with Gasteiger partial charge in [0.1, 0.15) is 11.3 Å². The van der Waals surface area contributed by atoms with Crippen LogP contribution in [0.4, 0.5) is 4.39 Å². The average Bonchev–Trinajstić information content (AvgIpc) is 2.90. The molecule has 1 aromatic heterocycles. The van der Waals surface area contributed by atoms with Gasteiger partial charge >= 0.3 is 0 Å². The summed E-state index contributed by atoms with van der Waals surface area (Å²) in [6.45, 7) is 6.48. The lowest BCUT2D eigenvalue weighted by Crippen LogP contribution is -2.12. The fraction of sp³-hybridized carbons (Fsp3) is 0.562. The summed E-state index contributed by atoms with van der Waals surface area (Å²) in [5, 5.41) is -0.217. The van der Waals surface area contributed by atoms with Gasteiger partial charge in [0, 0.05) is 6.04 Å². The minimum atomic E-state index is -0.267. The van der Waals surface area contributed by atoms with Crippen molar-refractivity contribution < 1.29 is 4.39 Å². The molecule has 1 aliphatic rings. The van der Waals surface area contributed by atoms with Crippen LogP contribution in [-0.4, -0.2) is 9.55 Å². The Morgan fingerprint density at radius 3 is 2.80 bits per heavy atom. The Kier molecular flexibility index (Phi) is 3.28.